The van der Waals surface area contributed by atoms with Crippen molar-refractivity contribution in [1.82, 2.24) is 4.90 Å². The molecule has 1 N–H and O–H groups in total. The first-order valence-corrected chi connectivity index (χ1v) is 7.16. The monoisotopic (exact) mass is 343 g/mol. The van der Waals surface area contributed by atoms with Gasteiger partial charge in [-0.15, -0.1) is 0 Å². The maximum Gasteiger partial charge on any atom is 0.311 e. The second-order valence-electron chi connectivity index (χ2n) is 5.04. The normalized spacial score (nSPS) is 22.1. The van der Waals surface area contributed by atoms with Crippen LogP contribution in [-0.4, -0.2) is 35.0 Å². The summed E-state index contributed by atoms with van der Waals surface area (Å²) in [6.45, 7) is 2.35. The van der Waals surface area contributed by atoms with E-state index in [1.807, 2.05) is 0 Å². The summed E-state index contributed by atoms with van der Waals surface area (Å²) in [6, 6.07) is 3.90. The van der Waals surface area contributed by atoms with Crippen LogP contribution >= 0.6 is 15.9 Å². The largest absolute Gasteiger partial charge is 0.481 e. The quantitative estimate of drug-likeness (QED) is 0.917. The highest BCUT2D eigenvalue weighted by Crippen LogP contribution is 2.35. The minimum atomic E-state index is -0.881. The third kappa shape index (κ3) is 2.57. The second-order valence-corrected chi connectivity index (χ2v) is 5.89. The Labute approximate surface area is 124 Å². The Morgan fingerprint density at radius 3 is 2.75 bits per heavy atom. The summed E-state index contributed by atoms with van der Waals surface area (Å²) in [5, 5.41) is 9.33. The fourth-order valence-electron chi connectivity index (χ4n) is 2.49. The molecule has 1 heterocycles. The van der Waals surface area contributed by atoms with Gasteiger partial charge in [0, 0.05) is 17.6 Å². The number of rotatable bonds is 3. The van der Waals surface area contributed by atoms with Gasteiger partial charge in [0.15, 0.2) is 0 Å². The summed E-state index contributed by atoms with van der Waals surface area (Å²) in [6.07, 6.45) is 0.897. The van der Waals surface area contributed by atoms with E-state index in [9.17, 15) is 19.1 Å². The Balaban J connectivity index is 2.24. The lowest BCUT2D eigenvalue weighted by Crippen LogP contribution is -2.36. The van der Waals surface area contributed by atoms with Gasteiger partial charge in [-0.2, -0.15) is 0 Å². The van der Waals surface area contributed by atoms with E-state index in [4.69, 9.17) is 0 Å². The van der Waals surface area contributed by atoms with Crippen LogP contribution in [0.3, 0.4) is 0 Å². The maximum atomic E-state index is 13.3. The van der Waals surface area contributed by atoms with Crippen LogP contribution < -0.4 is 0 Å². The Bertz CT molecular complexity index is 563. The summed E-state index contributed by atoms with van der Waals surface area (Å²) in [5.41, 5.74) is -0.655. The molecule has 1 amide bonds. The molecule has 1 atom stereocenters. The van der Waals surface area contributed by atoms with E-state index in [0.717, 1.165) is 0 Å². The lowest BCUT2D eigenvalue weighted by Gasteiger charge is -2.23. The first-order valence-electron chi connectivity index (χ1n) is 6.37. The number of likely N-dealkylation sites (tertiary alicyclic amines) is 1. The molecule has 0 aromatic heterocycles. The number of hydrogen-bond donors (Lipinski definition) is 1. The number of amides is 1. The predicted octanol–water partition coefficient (Wildman–Crippen LogP) is 2.92. The number of carboxylic acid groups (broad SMARTS) is 1. The molecule has 1 aliphatic rings. The molecule has 20 heavy (non-hydrogen) atoms. The SMILES string of the molecule is CCC1(C(=O)O)CCN(C(=O)c2cc(F)ccc2Br)C1. The molecule has 0 bridgehead atoms. The van der Waals surface area contributed by atoms with E-state index in [-0.39, 0.29) is 18.0 Å². The Morgan fingerprint density at radius 2 is 2.20 bits per heavy atom. The van der Waals surface area contributed by atoms with Crippen molar-refractivity contribution in [2.45, 2.75) is 19.8 Å². The summed E-state index contributed by atoms with van der Waals surface area (Å²) in [5.74, 6) is -1.71. The molecule has 4 nitrogen and oxygen atoms in total. The van der Waals surface area contributed by atoms with Crippen molar-refractivity contribution in [2.24, 2.45) is 5.41 Å². The van der Waals surface area contributed by atoms with Crippen LogP contribution in [0.4, 0.5) is 4.39 Å². The first-order chi connectivity index (χ1) is 9.39. The molecule has 1 aliphatic heterocycles. The van der Waals surface area contributed by atoms with Gasteiger partial charge in [-0.3, -0.25) is 9.59 Å². The number of hydrogen-bond acceptors (Lipinski definition) is 2. The highest BCUT2D eigenvalue weighted by Gasteiger charge is 2.45. The van der Waals surface area contributed by atoms with Gasteiger partial charge in [0.25, 0.3) is 5.91 Å². The molecule has 0 saturated carbocycles. The van der Waals surface area contributed by atoms with Crippen LogP contribution in [0.1, 0.15) is 30.1 Å². The molecule has 1 unspecified atom stereocenters. The topological polar surface area (TPSA) is 57.6 Å². The highest BCUT2D eigenvalue weighted by molar-refractivity contribution is 9.10. The minimum Gasteiger partial charge on any atom is -0.481 e. The van der Waals surface area contributed by atoms with Crippen molar-refractivity contribution in [3.63, 3.8) is 0 Å². The van der Waals surface area contributed by atoms with Crippen molar-refractivity contribution >= 4 is 27.8 Å². The van der Waals surface area contributed by atoms with E-state index >= 15 is 0 Å². The molecule has 108 valence electrons. The van der Waals surface area contributed by atoms with Crippen LogP contribution in [0, 0.1) is 11.2 Å². The predicted molar refractivity (Wildman–Crippen MR) is 75.0 cm³/mol. The fraction of sp³-hybridized carbons (Fsp3) is 0.429. The maximum absolute atomic E-state index is 13.3. The van der Waals surface area contributed by atoms with E-state index in [2.05, 4.69) is 15.9 Å². The lowest BCUT2D eigenvalue weighted by molar-refractivity contribution is -0.148. The molecular weight excluding hydrogens is 329 g/mol. The molecule has 1 fully saturated rings. The van der Waals surface area contributed by atoms with Gasteiger partial charge >= 0.3 is 5.97 Å². The summed E-state index contributed by atoms with van der Waals surface area (Å²) in [7, 11) is 0. The van der Waals surface area contributed by atoms with Crippen molar-refractivity contribution in [1.29, 1.82) is 0 Å². The van der Waals surface area contributed by atoms with Crippen LogP contribution in [0.5, 0.6) is 0 Å². The zero-order chi connectivity index (χ0) is 14.9. The van der Waals surface area contributed by atoms with E-state index in [1.54, 1.807) is 6.92 Å². The molecule has 0 aliphatic carbocycles. The number of nitrogens with zero attached hydrogens (tertiary/aromatic N) is 1. The summed E-state index contributed by atoms with van der Waals surface area (Å²) in [4.78, 5) is 25.2. The number of carbonyl (C=O) groups is 2. The number of carbonyl (C=O) groups excluding carboxylic acids is 1. The number of halogens is 2. The van der Waals surface area contributed by atoms with Gasteiger partial charge in [-0.05, 0) is 47.0 Å². The zero-order valence-electron chi connectivity index (χ0n) is 11.0. The fourth-order valence-corrected chi connectivity index (χ4v) is 2.91. The average molecular weight is 344 g/mol. The molecule has 1 aromatic carbocycles. The standard InChI is InChI=1S/C14H15BrFNO3/c1-2-14(13(19)20)5-6-17(8-14)12(18)10-7-9(16)3-4-11(10)15/h3-4,7H,2,5-6,8H2,1H3,(H,19,20). The molecular formula is C14H15BrFNO3. The average Bonchev–Trinajstić information content (AvgIpc) is 2.86. The van der Waals surface area contributed by atoms with Crippen LogP contribution in [-0.2, 0) is 4.79 Å². The lowest BCUT2D eigenvalue weighted by atomic mass is 9.84. The van der Waals surface area contributed by atoms with Gasteiger partial charge < -0.3 is 10.0 Å². The van der Waals surface area contributed by atoms with Gasteiger partial charge in [-0.1, -0.05) is 6.92 Å². The van der Waals surface area contributed by atoms with Crippen molar-refractivity contribution in [3.8, 4) is 0 Å². The Kier molecular flexibility index (Phi) is 4.13. The molecule has 1 saturated heterocycles. The first kappa shape index (κ1) is 15.0. The second kappa shape index (κ2) is 5.52. The van der Waals surface area contributed by atoms with E-state index < -0.39 is 17.2 Å². The van der Waals surface area contributed by atoms with Gasteiger partial charge in [0.1, 0.15) is 5.82 Å². The third-order valence-corrected chi connectivity index (χ3v) is 4.62. The third-order valence-electron chi connectivity index (χ3n) is 3.93. The molecule has 0 radical (unpaired) electrons. The Hall–Kier alpha value is -1.43. The molecule has 0 spiro atoms. The van der Waals surface area contributed by atoms with Crippen LogP contribution in [0.15, 0.2) is 22.7 Å². The smallest absolute Gasteiger partial charge is 0.311 e. The number of benzene rings is 1. The van der Waals surface area contributed by atoms with E-state index in [0.29, 0.717) is 23.9 Å². The van der Waals surface area contributed by atoms with Crippen LogP contribution in [0.25, 0.3) is 0 Å². The number of carboxylic acids is 1. The van der Waals surface area contributed by atoms with E-state index in [1.165, 1.54) is 23.1 Å². The summed E-state index contributed by atoms with van der Waals surface area (Å²) < 4.78 is 13.8. The van der Waals surface area contributed by atoms with Gasteiger partial charge in [0.05, 0.1) is 11.0 Å². The van der Waals surface area contributed by atoms with Crippen LogP contribution in [0.2, 0.25) is 0 Å². The zero-order valence-corrected chi connectivity index (χ0v) is 12.6. The van der Waals surface area contributed by atoms with Crippen molar-refractivity contribution in [2.75, 3.05) is 13.1 Å². The molecule has 2 rings (SSSR count). The van der Waals surface area contributed by atoms with Crippen molar-refractivity contribution in [3.05, 3.63) is 34.1 Å². The Morgan fingerprint density at radius 1 is 1.50 bits per heavy atom. The van der Waals surface area contributed by atoms with Crippen molar-refractivity contribution < 1.29 is 19.1 Å². The minimum absolute atomic E-state index is 0.167. The molecule has 1 aromatic rings. The number of aliphatic carboxylic acids is 1. The van der Waals surface area contributed by atoms with Gasteiger partial charge in [-0.25, -0.2) is 4.39 Å². The van der Waals surface area contributed by atoms with Gasteiger partial charge in [0.2, 0.25) is 0 Å². The molecule has 6 heteroatoms. The summed E-state index contributed by atoms with van der Waals surface area (Å²) >= 11 is 3.22. The highest BCUT2D eigenvalue weighted by atomic mass is 79.9.